The number of carbonyl (C=O) groups excluding carboxylic acids is 1. The van der Waals surface area contributed by atoms with Crippen LogP contribution in [-0.2, 0) is 0 Å². The summed E-state index contributed by atoms with van der Waals surface area (Å²) in [4.78, 5) is 17.2. The second-order valence-electron chi connectivity index (χ2n) is 7.64. The zero-order valence-corrected chi connectivity index (χ0v) is 21.1. The molecule has 1 heterocycles. The summed E-state index contributed by atoms with van der Waals surface area (Å²) in [7, 11) is 0. The van der Waals surface area contributed by atoms with Crippen molar-refractivity contribution in [2.24, 2.45) is 0 Å². The van der Waals surface area contributed by atoms with E-state index in [9.17, 15) is 4.79 Å². The fourth-order valence-corrected chi connectivity index (χ4v) is 4.17. The van der Waals surface area contributed by atoms with Gasteiger partial charge in [0.1, 0.15) is 5.52 Å². The molecule has 0 spiro atoms. The molecular formula is C25H21BrClN3O2S. The van der Waals surface area contributed by atoms with Gasteiger partial charge in [-0.15, -0.1) is 0 Å². The van der Waals surface area contributed by atoms with Crippen LogP contribution in [0.25, 0.3) is 22.6 Å². The molecule has 4 aromatic rings. The van der Waals surface area contributed by atoms with E-state index in [1.807, 2.05) is 18.2 Å². The number of halogens is 2. The molecule has 0 aliphatic carbocycles. The third-order valence-electron chi connectivity index (χ3n) is 5.40. The number of nitrogens with zero attached hydrogens (tertiary/aromatic N) is 1. The minimum atomic E-state index is -0.330. The largest absolute Gasteiger partial charge is 0.436 e. The number of fused-ring (bicyclic) bond motifs is 1. The van der Waals surface area contributed by atoms with Crippen LogP contribution in [0.4, 0.5) is 5.69 Å². The van der Waals surface area contributed by atoms with Gasteiger partial charge in [0, 0.05) is 10.0 Å². The van der Waals surface area contributed by atoms with Gasteiger partial charge in [-0.2, -0.15) is 0 Å². The molecule has 0 bridgehead atoms. The molecule has 1 amide bonds. The third kappa shape index (κ3) is 5.27. The summed E-state index contributed by atoms with van der Waals surface area (Å²) in [6.07, 6.45) is 1.06. The van der Waals surface area contributed by atoms with E-state index in [4.69, 9.17) is 28.2 Å². The Balaban J connectivity index is 1.55. The molecule has 4 rings (SSSR count). The van der Waals surface area contributed by atoms with Gasteiger partial charge in [-0.3, -0.25) is 10.1 Å². The fraction of sp³-hybridized carbons (Fsp3) is 0.160. The molecule has 0 fully saturated rings. The van der Waals surface area contributed by atoms with E-state index >= 15 is 0 Å². The van der Waals surface area contributed by atoms with Crippen molar-refractivity contribution in [2.75, 3.05) is 5.32 Å². The summed E-state index contributed by atoms with van der Waals surface area (Å²) in [5, 5.41) is 6.24. The van der Waals surface area contributed by atoms with Crippen LogP contribution in [0.1, 0.15) is 42.1 Å². The number of benzene rings is 3. The quantitative estimate of drug-likeness (QED) is 0.255. The minimum absolute atomic E-state index is 0.130. The van der Waals surface area contributed by atoms with Gasteiger partial charge in [-0.25, -0.2) is 4.98 Å². The minimum Gasteiger partial charge on any atom is -0.436 e. The number of carbonyl (C=O) groups is 1. The normalized spacial score (nSPS) is 11.9. The highest BCUT2D eigenvalue weighted by Crippen LogP contribution is 2.32. The first-order chi connectivity index (χ1) is 15.9. The van der Waals surface area contributed by atoms with Crippen LogP contribution in [0.2, 0.25) is 5.02 Å². The molecule has 1 unspecified atom stereocenters. The zero-order chi connectivity index (χ0) is 23.5. The first-order valence-corrected chi connectivity index (χ1v) is 12.0. The number of amides is 1. The van der Waals surface area contributed by atoms with E-state index in [-0.39, 0.29) is 11.0 Å². The van der Waals surface area contributed by atoms with E-state index < -0.39 is 0 Å². The highest BCUT2D eigenvalue weighted by Gasteiger charge is 2.15. The van der Waals surface area contributed by atoms with Crippen molar-refractivity contribution in [3.05, 3.63) is 81.3 Å². The lowest BCUT2D eigenvalue weighted by Crippen LogP contribution is -2.34. The maximum absolute atomic E-state index is 12.5. The Morgan fingerprint density at radius 1 is 1.18 bits per heavy atom. The number of nitrogens with one attached hydrogen (secondary N) is 2. The Morgan fingerprint density at radius 2 is 1.97 bits per heavy atom. The number of rotatable bonds is 5. The zero-order valence-electron chi connectivity index (χ0n) is 18.0. The predicted octanol–water partition coefficient (Wildman–Crippen LogP) is 7.55. The summed E-state index contributed by atoms with van der Waals surface area (Å²) < 4.78 is 6.65. The number of hydrogen-bond donors (Lipinski definition) is 2. The molecule has 0 aliphatic rings. The van der Waals surface area contributed by atoms with Gasteiger partial charge in [-0.05, 0) is 88.5 Å². The molecule has 0 radical (unpaired) electrons. The molecule has 3 aromatic carbocycles. The molecule has 0 aliphatic heterocycles. The van der Waals surface area contributed by atoms with Gasteiger partial charge in [-0.1, -0.05) is 43.6 Å². The van der Waals surface area contributed by atoms with Crippen molar-refractivity contribution < 1.29 is 9.21 Å². The van der Waals surface area contributed by atoms with Crippen molar-refractivity contribution in [3.63, 3.8) is 0 Å². The summed E-state index contributed by atoms with van der Waals surface area (Å²) in [6.45, 7) is 4.36. The molecule has 0 saturated heterocycles. The summed E-state index contributed by atoms with van der Waals surface area (Å²) in [6, 6.07) is 18.6. The SMILES string of the molecule is CCC(C)c1ccc2oc(-c3ccc(Cl)c(NC(=S)NC(=O)c4ccccc4Br)c3)nc2c1. The van der Waals surface area contributed by atoms with Crippen LogP contribution in [-0.4, -0.2) is 16.0 Å². The van der Waals surface area contributed by atoms with Gasteiger partial charge < -0.3 is 9.73 Å². The molecule has 5 nitrogen and oxygen atoms in total. The Hall–Kier alpha value is -2.74. The lowest BCUT2D eigenvalue weighted by atomic mass is 9.98. The average Bonchev–Trinajstić information content (AvgIpc) is 3.23. The topological polar surface area (TPSA) is 67.2 Å². The molecule has 2 N–H and O–H groups in total. The van der Waals surface area contributed by atoms with Crippen molar-refractivity contribution in [1.82, 2.24) is 10.3 Å². The van der Waals surface area contributed by atoms with Crippen molar-refractivity contribution in [1.29, 1.82) is 0 Å². The van der Waals surface area contributed by atoms with Gasteiger partial charge in [0.25, 0.3) is 5.91 Å². The third-order valence-corrected chi connectivity index (χ3v) is 6.63. The van der Waals surface area contributed by atoms with Crippen molar-refractivity contribution in [3.8, 4) is 11.5 Å². The molecule has 8 heteroatoms. The molecule has 0 saturated carbocycles. The van der Waals surface area contributed by atoms with Gasteiger partial charge >= 0.3 is 0 Å². The van der Waals surface area contributed by atoms with Gasteiger partial charge in [0.05, 0.1) is 16.3 Å². The van der Waals surface area contributed by atoms with Crippen LogP contribution < -0.4 is 10.6 Å². The second kappa shape index (κ2) is 10.0. The van der Waals surface area contributed by atoms with Crippen molar-refractivity contribution >= 4 is 67.6 Å². The maximum Gasteiger partial charge on any atom is 0.258 e. The van der Waals surface area contributed by atoms with Gasteiger partial charge in [0.2, 0.25) is 5.89 Å². The number of hydrogen-bond acceptors (Lipinski definition) is 4. The predicted molar refractivity (Wildman–Crippen MR) is 141 cm³/mol. The highest BCUT2D eigenvalue weighted by atomic mass is 79.9. The van der Waals surface area contributed by atoms with Crippen LogP contribution in [0.5, 0.6) is 0 Å². The van der Waals surface area contributed by atoms with Crippen LogP contribution in [0, 0.1) is 0 Å². The average molecular weight is 543 g/mol. The van der Waals surface area contributed by atoms with E-state index in [0.717, 1.165) is 23.1 Å². The molecule has 1 aromatic heterocycles. The number of anilines is 1. The monoisotopic (exact) mass is 541 g/mol. The van der Waals surface area contributed by atoms with E-state index in [0.29, 0.717) is 32.6 Å². The van der Waals surface area contributed by atoms with E-state index in [1.54, 1.807) is 30.3 Å². The Labute approximate surface area is 210 Å². The molecule has 168 valence electrons. The van der Waals surface area contributed by atoms with Gasteiger partial charge in [0.15, 0.2) is 10.7 Å². The van der Waals surface area contributed by atoms with E-state index in [2.05, 4.69) is 57.5 Å². The Bertz CT molecular complexity index is 1350. The number of thiocarbonyl (C=S) groups is 1. The second-order valence-corrected chi connectivity index (χ2v) is 9.31. The first-order valence-electron chi connectivity index (χ1n) is 10.4. The van der Waals surface area contributed by atoms with E-state index in [1.165, 1.54) is 5.56 Å². The smallest absolute Gasteiger partial charge is 0.258 e. The standard InChI is InChI=1S/C25H21BrClN3O2S/c1-3-14(2)15-9-11-22-21(12-15)28-24(32-22)16-8-10-19(27)20(13-16)29-25(33)30-23(31)17-6-4-5-7-18(17)26/h4-14H,3H2,1-2H3,(H2,29,30,31,33). The molecule has 1 atom stereocenters. The number of aromatic nitrogens is 1. The summed E-state index contributed by atoms with van der Waals surface area (Å²) in [5.41, 5.74) is 4.51. The summed E-state index contributed by atoms with van der Waals surface area (Å²) in [5.74, 6) is 0.603. The Kier molecular flexibility index (Phi) is 7.12. The molecular weight excluding hydrogens is 522 g/mol. The van der Waals surface area contributed by atoms with Crippen LogP contribution in [0.3, 0.4) is 0 Å². The first kappa shape index (κ1) is 23.4. The van der Waals surface area contributed by atoms with Crippen LogP contribution >= 0.6 is 39.7 Å². The van der Waals surface area contributed by atoms with Crippen LogP contribution in [0.15, 0.2) is 69.6 Å². The lowest BCUT2D eigenvalue weighted by molar-refractivity contribution is 0.0977. The Morgan fingerprint density at radius 3 is 2.73 bits per heavy atom. The highest BCUT2D eigenvalue weighted by molar-refractivity contribution is 9.10. The summed E-state index contributed by atoms with van der Waals surface area (Å²) >= 11 is 15.1. The number of oxazole rings is 1. The van der Waals surface area contributed by atoms with Crippen molar-refractivity contribution in [2.45, 2.75) is 26.2 Å². The fourth-order valence-electron chi connectivity index (χ4n) is 3.33. The lowest BCUT2D eigenvalue weighted by Gasteiger charge is -2.12. The maximum atomic E-state index is 12.5. The molecule has 33 heavy (non-hydrogen) atoms.